The number of thioether (sulfide) groups is 1. The first-order chi connectivity index (χ1) is 16.3. The molecule has 4 rings (SSSR count). The molecular weight excluding hydrogens is 468 g/mol. The monoisotopic (exact) mass is 494 g/mol. The van der Waals surface area contributed by atoms with E-state index in [0.717, 1.165) is 11.1 Å². The van der Waals surface area contributed by atoms with Crippen LogP contribution in [-0.4, -0.2) is 42.3 Å². The molecule has 176 valence electrons. The molecule has 0 bridgehead atoms. The average Bonchev–Trinajstić information content (AvgIpc) is 3.12. The van der Waals surface area contributed by atoms with Gasteiger partial charge >= 0.3 is 0 Å². The molecule has 0 aliphatic carbocycles. The predicted octanol–water partition coefficient (Wildman–Crippen LogP) is 4.15. The Bertz CT molecular complexity index is 1330. The molecule has 34 heavy (non-hydrogen) atoms. The Morgan fingerprint density at radius 1 is 1.21 bits per heavy atom. The van der Waals surface area contributed by atoms with E-state index in [9.17, 15) is 14.7 Å². The number of nitrogens with zero attached hydrogens (tertiary/aromatic N) is 3. The third-order valence-corrected chi connectivity index (χ3v) is 7.24. The van der Waals surface area contributed by atoms with Gasteiger partial charge in [-0.05, 0) is 43.5 Å². The van der Waals surface area contributed by atoms with Crippen molar-refractivity contribution < 1.29 is 9.90 Å². The molecule has 1 aliphatic rings. The Balaban J connectivity index is 1.80. The summed E-state index contributed by atoms with van der Waals surface area (Å²) in [4.78, 5) is 33.5. The molecule has 0 unspecified atom stereocenters. The fourth-order valence-electron chi connectivity index (χ4n) is 3.85. The van der Waals surface area contributed by atoms with Gasteiger partial charge in [-0.2, -0.15) is 0 Å². The Morgan fingerprint density at radius 3 is 2.62 bits per heavy atom. The minimum atomic E-state index is -0.301. The number of pyridine rings is 1. The van der Waals surface area contributed by atoms with Gasteiger partial charge in [-0.1, -0.05) is 67.3 Å². The summed E-state index contributed by atoms with van der Waals surface area (Å²) in [6, 6.07) is 12.8. The molecule has 2 aromatic heterocycles. The van der Waals surface area contributed by atoms with E-state index in [1.807, 2.05) is 57.2 Å². The van der Waals surface area contributed by atoms with Crippen molar-refractivity contribution in [1.29, 1.82) is 0 Å². The van der Waals surface area contributed by atoms with Crippen LogP contribution in [0.3, 0.4) is 0 Å². The van der Waals surface area contributed by atoms with Crippen LogP contribution >= 0.6 is 24.0 Å². The van der Waals surface area contributed by atoms with Crippen LogP contribution in [0.25, 0.3) is 11.7 Å². The largest absolute Gasteiger partial charge is 0.394 e. The number of amides is 1. The lowest BCUT2D eigenvalue weighted by atomic mass is 10.1. The molecule has 7 nitrogen and oxygen atoms in total. The summed E-state index contributed by atoms with van der Waals surface area (Å²) in [7, 11) is 0. The zero-order valence-electron chi connectivity index (χ0n) is 19.2. The molecule has 1 aliphatic heterocycles. The van der Waals surface area contributed by atoms with Crippen molar-refractivity contribution in [3.63, 3.8) is 0 Å². The van der Waals surface area contributed by atoms with E-state index in [0.29, 0.717) is 27.1 Å². The maximum atomic E-state index is 13.5. The molecule has 0 spiro atoms. The second-order valence-corrected chi connectivity index (χ2v) is 9.81. The number of aliphatic hydroxyl groups excluding tert-OH is 1. The lowest BCUT2D eigenvalue weighted by Gasteiger charge is -2.23. The molecule has 3 aromatic rings. The van der Waals surface area contributed by atoms with Gasteiger partial charge in [0.15, 0.2) is 0 Å². The van der Waals surface area contributed by atoms with Crippen LogP contribution in [0.1, 0.15) is 43.0 Å². The predicted molar refractivity (Wildman–Crippen MR) is 141 cm³/mol. The van der Waals surface area contributed by atoms with Crippen LogP contribution in [0.2, 0.25) is 0 Å². The number of carbonyl (C=O) groups excluding carboxylic acids is 1. The summed E-state index contributed by atoms with van der Waals surface area (Å²) >= 11 is 6.71. The van der Waals surface area contributed by atoms with Crippen molar-refractivity contribution in [2.24, 2.45) is 0 Å². The maximum Gasteiger partial charge on any atom is 0.267 e. The first-order valence-electron chi connectivity index (χ1n) is 11.1. The SMILES string of the molecule is CC[C@H](CO)Nc1nc2c(C)cccn2c(=O)c1/C=C1\SC(=S)N([C@H](C)c2ccccc2)C1=O. The van der Waals surface area contributed by atoms with Crippen molar-refractivity contribution in [3.8, 4) is 0 Å². The number of hydrogen-bond donors (Lipinski definition) is 2. The van der Waals surface area contributed by atoms with Crippen LogP contribution < -0.4 is 10.9 Å². The maximum absolute atomic E-state index is 13.5. The normalized spacial score (nSPS) is 16.9. The third kappa shape index (κ3) is 4.51. The van der Waals surface area contributed by atoms with Crippen LogP contribution in [0, 0.1) is 6.92 Å². The topological polar surface area (TPSA) is 86.9 Å². The van der Waals surface area contributed by atoms with E-state index in [-0.39, 0.29) is 35.7 Å². The highest BCUT2D eigenvalue weighted by Crippen LogP contribution is 2.38. The Hall–Kier alpha value is -3.01. The Kier molecular flexibility index (Phi) is 7.16. The highest BCUT2D eigenvalue weighted by atomic mass is 32.2. The van der Waals surface area contributed by atoms with E-state index in [1.54, 1.807) is 23.2 Å². The number of carbonyl (C=O) groups is 1. The number of fused-ring (bicyclic) bond motifs is 1. The zero-order valence-corrected chi connectivity index (χ0v) is 20.8. The Labute approximate surface area is 207 Å². The van der Waals surface area contributed by atoms with E-state index in [4.69, 9.17) is 12.2 Å². The number of benzene rings is 1. The van der Waals surface area contributed by atoms with Gasteiger partial charge in [0.2, 0.25) is 0 Å². The molecule has 1 amide bonds. The number of aromatic nitrogens is 2. The summed E-state index contributed by atoms with van der Waals surface area (Å²) in [5.74, 6) is 0.0850. The summed E-state index contributed by atoms with van der Waals surface area (Å²) in [6.45, 7) is 5.63. The van der Waals surface area contributed by atoms with E-state index in [1.165, 1.54) is 16.2 Å². The average molecular weight is 495 g/mol. The number of thiocarbonyl (C=S) groups is 1. The van der Waals surface area contributed by atoms with Gasteiger partial charge in [0.1, 0.15) is 15.8 Å². The van der Waals surface area contributed by atoms with Crippen LogP contribution in [0.15, 0.2) is 58.4 Å². The summed E-state index contributed by atoms with van der Waals surface area (Å²) < 4.78 is 1.91. The standard InChI is InChI=1S/C25H26N4O3S2/c1-4-18(14-30)26-21-19(23(31)28-12-8-9-15(2)22(28)27-21)13-20-24(32)29(25(33)34-20)16(3)17-10-6-5-7-11-17/h5-13,16,18,26,30H,4,14H2,1-3H3/b20-13-/t16-,18-/m1/s1. The van der Waals surface area contributed by atoms with Crippen molar-refractivity contribution in [2.75, 3.05) is 11.9 Å². The van der Waals surface area contributed by atoms with Crippen molar-refractivity contribution in [1.82, 2.24) is 14.3 Å². The second kappa shape index (κ2) is 10.1. The van der Waals surface area contributed by atoms with Gasteiger partial charge in [-0.3, -0.25) is 18.9 Å². The molecular formula is C25H26N4O3S2. The number of nitrogens with one attached hydrogen (secondary N) is 1. The quantitative estimate of drug-likeness (QED) is 0.377. The highest BCUT2D eigenvalue weighted by Gasteiger charge is 2.36. The van der Waals surface area contributed by atoms with E-state index in [2.05, 4.69) is 10.3 Å². The number of aryl methyl sites for hydroxylation is 1. The minimum absolute atomic E-state index is 0.110. The summed E-state index contributed by atoms with van der Waals surface area (Å²) in [5.41, 5.74) is 2.28. The van der Waals surface area contributed by atoms with Gasteiger partial charge in [-0.15, -0.1) is 0 Å². The van der Waals surface area contributed by atoms with Crippen molar-refractivity contribution in [3.05, 3.63) is 80.6 Å². The smallest absolute Gasteiger partial charge is 0.267 e. The Morgan fingerprint density at radius 2 is 1.94 bits per heavy atom. The lowest BCUT2D eigenvalue weighted by Crippen LogP contribution is -2.31. The van der Waals surface area contributed by atoms with Crippen LogP contribution in [0.4, 0.5) is 5.82 Å². The molecule has 2 atom stereocenters. The molecule has 3 heterocycles. The van der Waals surface area contributed by atoms with Crippen molar-refractivity contribution in [2.45, 2.75) is 39.3 Å². The summed E-state index contributed by atoms with van der Waals surface area (Å²) in [6.07, 6.45) is 3.86. The molecule has 1 saturated heterocycles. The highest BCUT2D eigenvalue weighted by molar-refractivity contribution is 8.26. The number of aliphatic hydroxyl groups is 1. The van der Waals surface area contributed by atoms with Crippen molar-refractivity contribution >= 4 is 51.7 Å². The van der Waals surface area contributed by atoms with Gasteiger partial charge in [-0.25, -0.2) is 4.98 Å². The minimum Gasteiger partial charge on any atom is -0.394 e. The second-order valence-electron chi connectivity index (χ2n) is 8.13. The molecule has 2 N–H and O–H groups in total. The van der Waals surface area contributed by atoms with Gasteiger partial charge in [0.25, 0.3) is 11.5 Å². The lowest BCUT2D eigenvalue weighted by molar-refractivity contribution is -0.123. The molecule has 1 fully saturated rings. The number of rotatable bonds is 7. The first kappa shape index (κ1) is 24.1. The number of anilines is 1. The van der Waals surface area contributed by atoms with Gasteiger partial charge < -0.3 is 10.4 Å². The fourth-order valence-corrected chi connectivity index (χ4v) is 5.25. The van der Waals surface area contributed by atoms with Gasteiger partial charge in [0.05, 0.1) is 29.2 Å². The van der Waals surface area contributed by atoms with E-state index < -0.39 is 0 Å². The van der Waals surface area contributed by atoms with Gasteiger partial charge in [0, 0.05) is 6.20 Å². The first-order valence-corrected chi connectivity index (χ1v) is 12.3. The van der Waals surface area contributed by atoms with Crippen LogP contribution in [-0.2, 0) is 4.79 Å². The molecule has 0 radical (unpaired) electrons. The van der Waals surface area contributed by atoms with E-state index >= 15 is 0 Å². The molecule has 0 saturated carbocycles. The number of hydrogen-bond acceptors (Lipinski definition) is 7. The molecule has 1 aromatic carbocycles. The fraction of sp³-hybridized carbons (Fsp3) is 0.280. The third-order valence-electron chi connectivity index (χ3n) is 5.91. The molecule has 9 heteroatoms. The van der Waals surface area contributed by atoms with Crippen LogP contribution in [0.5, 0.6) is 0 Å². The zero-order chi connectivity index (χ0) is 24.4. The summed E-state index contributed by atoms with van der Waals surface area (Å²) in [5, 5.41) is 12.9.